The monoisotopic (exact) mass is 1490 g/mol. The predicted molar refractivity (Wildman–Crippen MR) is 453 cm³/mol. The van der Waals surface area contributed by atoms with Crippen LogP contribution in [0.1, 0.15) is 296 Å². The number of hydrogen-bond acceptors (Lipinski definition) is 12. The van der Waals surface area contributed by atoms with E-state index < -0.39 is 16.2 Å². The second kappa shape index (κ2) is 39.9. The first-order valence-electron chi connectivity index (χ1n) is 38.1. The SMILES string of the molecule is CC(C)(C)C(=O)Nc1ccc(C(C)(C)C)cn1.CC(C)(C)C(=O)Nc1ccc(C(C)(C)C)nc1.CC(C)(C)CCc1ccc(NC(=O)C(C)(C)C)cn1.CC(C)(C)CCc1ccc(NC(=O)C(C)(C)C)nc1.CC(C)(C)Cc1ccc(NC(=O)C(C)(C)C)cn1.CC(C)(C)Cc1ccc(NC(=O)C(C)(C)C)nc1. The van der Waals surface area contributed by atoms with Gasteiger partial charge in [-0.25, -0.2) is 15.0 Å². The van der Waals surface area contributed by atoms with Crippen molar-refractivity contribution in [2.24, 2.45) is 54.1 Å². The highest BCUT2D eigenvalue weighted by atomic mass is 16.2. The second-order valence-corrected chi connectivity index (χ2v) is 41.4. The molecule has 18 nitrogen and oxygen atoms in total. The minimum absolute atomic E-state index is 0.00260. The molecule has 6 aromatic rings. The average molecular weight is 1490 g/mol. The predicted octanol–water partition coefficient (Wildman–Crippen LogP) is 22.1. The number of anilines is 6. The Hall–Kier alpha value is -8.28. The van der Waals surface area contributed by atoms with Crippen LogP contribution >= 0.6 is 0 Å². The molecule has 0 fully saturated rings. The van der Waals surface area contributed by atoms with Crippen LogP contribution in [0.15, 0.2) is 110 Å². The Kier molecular flexibility index (Phi) is 36.1. The maximum Gasteiger partial charge on any atom is 0.230 e. The van der Waals surface area contributed by atoms with E-state index in [0.717, 1.165) is 78.2 Å². The van der Waals surface area contributed by atoms with Crippen LogP contribution < -0.4 is 31.9 Å². The van der Waals surface area contributed by atoms with Gasteiger partial charge in [0.05, 0.1) is 35.7 Å². The van der Waals surface area contributed by atoms with E-state index in [9.17, 15) is 28.8 Å². The molecular formula is C90H144N12O6. The molecular weight excluding hydrogens is 1350 g/mol. The molecule has 6 rings (SSSR count). The van der Waals surface area contributed by atoms with Crippen LogP contribution in [0.5, 0.6) is 0 Å². The number of nitrogens with one attached hydrogen (secondary N) is 6. The number of nitrogens with zero attached hydrogens (tertiary/aromatic N) is 6. The second-order valence-electron chi connectivity index (χ2n) is 41.4. The van der Waals surface area contributed by atoms with Crippen molar-refractivity contribution < 1.29 is 28.8 Å². The van der Waals surface area contributed by atoms with E-state index in [2.05, 4.69) is 186 Å². The van der Waals surface area contributed by atoms with Gasteiger partial charge in [0.2, 0.25) is 35.4 Å². The zero-order valence-corrected chi connectivity index (χ0v) is 73.8. The van der Waals surface area contributed by atoms with Crippen molar-refractivity contribution >= 4 is 70.0 Å². The highest BCUT2D eigenvalue weighted by Gasteiger charge is 2.27. The third kappa shape index (κ3) is 43.1. The summed E-state index contributed by atoms with van der Waals surface area (Å²) in [5, 5.41) is 17.1. The molecule has 18 heteroatoms. The molecule has 0 aliphatic carbocycles. The van der Waals surface area contributed by atoms with Crippen LogP contribution in [0.3, 0.4) is 0 Å². The van der Waals surface area contributed by atoms with E-state index >= 15 is 0 Å². The lowest BCUT2D eigenvalue weighted by molar-refractivity contribution is -0.123. The number of aromatic nitrogens is 6. The van der Waals surface area contributed by atoms with Gasteiger partial charge in [-0.3, -0.25) is 43.7 Å². The summed E-state index contributed by atoms with van der Waals surface area (Å²) in [5.41, 5.74) is 7.87. The number of carbonyl (C=O) groups is 6. The van der Waals surface area contributed by atoms with Crippen molar-refractivity contribution in [2.75, 3.05) is 31.9 Å². The average Bonchev–Trinajstić information content (AvgIpc) is 0.859. The molecule has 0 radical (unpaired) electrons. The van der Waals surface area contributed by atoms with Gasteiger partial charge in [-0.2, -0.15) is 0 Å². The number of rotatable bonds is 12. The van der Waals surface area contributed by atoms with Gasteiger partial charge < -0.3 is 31.9 Å². The van der Waals surface area contributed by atoms with Gasteiger partial charge in [0.1, 0.15) is 17.5 Å². The normalized spacial score (nSPS) is 12.3. The maximum atomic E-state index is 11.8. The minimum Gasteiger partial charge on any atom is -0.324 e. The number of pyridine rings is 6. The standard InChI is InChI=1S/2C16H26N2O.2C15H24N2O.2C14H22N2O/c1-15(2,3)10-9-12-7-8-13(11-17-12)18-14(19)16(4,5)6;1-15(2,3)10-9-12-7-8-13(17-11-12)18-14(19)16(4,5)6;1-14(2,3)9-11-7-8-12(10-16-11)17-13(18)15(4,5)6;1-14(2,3)9-11-7-8-12(16-10-11)17-13(18)15(4,5)6;1-13(2,3)11-8-7-10(9-15-11)16-12(17)14(4,5)6;1-13(2,3)10-7-8-11(15-9-10)16-12(17)14(4,5)6/h7-8,11H,9-10H2,1-6H3,(H,18,19);7-8,11H,9-10H2,1-6H3,(H,17,18,19);7-8,10H,9H2,1-6H3,(H,17,18);7-8,10H,9H2,1-6H3,(H,16,17,18);7-9H,1-6H3,(H,16,17);7-9H,1-6H3,(H,15,16,17). The Morgan fingerprint density at radius 1 is 0.259 bits per heavy atom. The Labute approximate surface area is 653 Å². The summed E-state index contributed by atoms with van der Waals surface area (Å²) in [5.74, 6) is 1.83. The van der Waals surface area contributed by atoms with Gasteiger partial charge >= 0.3 is 0 Å². The third-order valence-corrected chi connectivity index (χ3v) is 15.8. The Morgan fingerprint density at radius 3 is 0.824 bits per heavy atom. The van der Waals surface area contributed by atoms with E-state index in [1.54, 1.807) is 18.6 Å². The van der Waals surface area contributed by atoms with Gasteiger partial charge in [0.25, 0.3) is 0 Å². The molecule has 6 heterocycles. The van der Waals surface area contributed by atoms with Gasteiger partial charge in [0.15, 0.2) is 0 Å². The lowest BCUT2D eigenvalue weighted by Gasteiger charge is -2.20. The summed E-state index contributed by atoms with van der Waals surface area (Å²) < 4.78 is 0. The number of carbonyl (C=O) groups excluding carboxylic acids is 6. The first kappa shape index (κ1) is 97.7. The van der Waals surface area contributed by atoms with Gasteiger partial charge in [-0.15, -0.1) is 0 Å². The Bertz CT molecular complexity index is 3490. The Balaban J connectivity index is 0.000000648. The van der Waals surface area contributed by atoms with E-state index in [1.807, 2.05) is 216 Å². The summed E-state index contributed by atoms with van der Waals surface area (Å²) in [6.45, 7) is 73.3. The molecule has 0 unspecified atom stereocenters. The van der Waals surface area contributed by atoms with Crippen LogP contribution in [0.4, 0.5) is 34.5 Å². The van der Waals surface area contributed by atoms with Crippen molar-refractivity contribution in [1.82, 2.24) is 29.9 Å². The van der Waals surface area contributed by atoms with Crippen molar-refractivity contribution in [3.63, 3.8) is 0 Å². The topological polar surface area (TPSA) is 252 Å². The highest BCUT2D eigenvalue weighted by Crippen LogP contribution is 2.29. The zero-order chi connectivity index (χ0) is 83.8. The molecule has 0 saturated heterocycles. The van der Waals surface area contributed by atoms with Crippen molar-refractivity contribution in [2.45, 2.75) is 299 Å². The molecule has 0 aliphatic heterocycles. The summed E-state index contributed by atoms with van der Waals surface area (Å²) in [4.78, 5) is 96.8. The molecule has 0 saturated carbocycles. The van der Waals surface area contributed by atoms with Gasteiger partial charge in [0, 0.05) is 73.6 Å². The van der Waals surface area contributed by atoms with Gasteiger partial charge in [-0.05, 0) is 137 Å². The largest absolute Gasteiger partial charge is 0.324 e. The van der Waals surface area contributed by atoms with Crippen LogP contribution in [0, 0.1) is 54.1 Å². The molecule has 0 aliphatic rings. The van der Waals surface area contributed by atoms with Crippen molar-refractivity contribution in [3.05, 3.63) is 144 Å². The highest BCUT2D eigenvalue weighted by molar-refractivity contribution is 5.97. The molecule has 0 spiro atoms. The molecule has 6 N–H and O–H groups in total. The first-order valence-corrected chi connectivity index (χ1v) is 38.1. The summed E-state index contributed by atoms with van der Waals surface area (Å²) in [6.07, 6.45) is 16.8. The first-order chi connectivity index (χ1) is 48.5. The molecule has 6 amide bonds. The fourth-order valence-corrected chi connectivity index (χ4v) is 8.37. The van der Waals surface area contributed by atoms with Crippen molar-refractivity contribution in [1.29, 1.82) is 0 Å². The van der Waals surface area contributed by atoms with E-state index in [0.29, 0.717) is 28.3 Å². The summed E-state index contributed by atoms with van der Waals surface area (Å²) >= 11 is 0. The molecule has 600 valence electrons. The van der Waals surface area contributed by atoms with E-state index in [1.165, 1.54) is 11.1 Å². The maximum absolute atomic E-state index is 11.8. The Morgan fingerprint density at radius 2 is 0.565 bits per heavy atom. The van der Waals surface area contributed by atoms with Crippen molar-refractivity contribution in [3.8, 4) is 0 Å². The van der Waals surface area contributed by atoms with E-state index in [4.69, 9.17) is 0 Å². The number of hydrogen-bond donors (Lipinski definition) is 6. The fourth-order valence-electron chi connectivity index (χ4n) is 8.37. The molecule has 0 atom stereocenters. The lowest BCUT2D eigenvalue weighted by atomic mass is 9.88. The number of aryl methyl sites for hydroxylation is 2. The molecule has 108 heavy (non-hydrogen) atoms. The molecule has 0 aromatic carbocycles. The third-order valence-electron chi connectivity index (χ3n) is 15.8. The smallest absolute Gasteiger partial charge is 0.230 e. The lowest BCUT2D eigenvalue weighted by Crippen LogP contribution is -2.28. The van der Waals surface area contributed by atoms with E-state index in [-0.39, 0.29) is 73.3 Å². The fraction of sp³-hybridized carbons (Fsp3) is 0.600. The quantitative estimate of drug-likeness (QED) is 0.0669. The zero-order valence-electron chi connectivity index (χ0n) is 73.8. The van der Waals surface area contributed by atoms with Crippen LogP contribution in [-0.2, 0) is 65.3 Å². The molecule has 6 aromatic heterocycles. The summed E-state index contributed by atoms with van der Waals surface area (Å²) in [7, 11) is 0. The summed E-state index contributed by atoms with van der Waals surface area (Å²) in [6, 6.07) is 23.3. The van der Waals surface area contributed by atoms with Crippen LogP contribution in [0.2, 0.25) is 0 Å². The van der Waals surface area contributed by atoms with Gasteiger partial charge in [-0.1, -0.05) is 267 Å². The van der Waals surface area contributed by atoms with Crippen LogP contribution in [0.25, 0.3) is 0 Å². The minimum atomic E-state index is -0.398. The van der Waals surface area contributed by atoms with Crippen LogP contribution in [-0.4, -0.2) is 65.3 Å². The number of amides is 6. The molecule has 0 bridgehead atoms.